The summed E-state index contributed by atoms with van der Waals surface area (Å²) in [6, 6.07) is 8.69. The second kappa shape index (κ2) is 6.18. The van der Waals surface area contributed by atoms with Crippen LogP contribution < -0.4 is 0 Å². The Balaban J connectivity index is 1.80. The maximum Gasteiger partial charge on any atom is 0.0552 e. The molecular weight excluding hydrogens is 210 g/mol. The average Bonchev–Trinajstić information content (AvgIpc) is 2.80. The van der Waals surface area contributed by atoms with Gasteiger partial charge in [0.25, 0.3) is 0 Å². The Bertz CT molecular complexity index is 325. The van der Waals surface area contributed by atoms with Crippen LogP contribution in [-0.2, 0) is 12.8 Å². The molecule has 1 aromatic carbocycles. The van der Waals surface area contributed by atoms with Crippen LogP contribution in [0.3, 0.4) is 0 Å². The summed E-state index contributed by atoms with van der Waals surface area (Å²) < 4.78 is 0. The van der Waals surface area contributed by atoms with Crippen molar-refractivity contribution in [2.75, 3.05) is 19.6 Å². The lowest BCUT2D eigenvalue weighted by molar-refractivity contribution is 0.195. The monoisotopic (exact) mass is 233 g/mol. The predicted molar refractivity (Wildman–Crippen MR) is 71.2 cm³/mol. The largest absolute Gasteiger partial charge is 0.393 e. The van der Waals surface area contributed by atoms with Crippen LogP contribution in [0.2, 0.25) is 0 Å². The standard InChI is InChI=1S/C15H23NO/c1-13(17)12-15-6-4-14(5-7-15)8-11-16-9-2-3-10-16/h4-7,13,17H,2-3,8-12H2,1H3. The lowest BCUT2D eigenvalue weighted by atomic mass is 10.0. The predicted octanol–water partition coefficient (Wildman–Crippen LogP) is 2.25. The molecule has 1 aromatic rings. The van der Waals surface area contributed by atoms with Gasteiger partial charge in [0.1, 0.15) is 0 Å². The van der Waals surface area contributed by atoms with E-state index in [2.05, 4.69) is 29.2 Å². The fourth-order valence-electron chi connectivity index (χ4n) is 2.48. The smallest absolute Gasteiger partial charge is 0.0552 e. The van der Waals surface area contributed by atoms with E-state index in [0.717, 1.165) is 12.8 Å². The van der Waals surface area contributed by atoms with Gasteiger partial charge in [0.2, 0.25) is 0 Å². The third-order valence-electron chi connectivity index (χ3n) is 3.47. The van der Waals surface area contributed by atoms with Crippen LogP contribution in [0.1, 0.15) is 30.9 Å². The molecule has 0 bridgehead atoms. The van der Waals surface area contributed by atoms with Crippen LogP contribution in [0.4, 0.5) is 0 Å². The van der Waals surface area contributed by atoms with Gasteiger partial charge in [-0.3, -0.25) is 0 Å². The number of aliphatic hydroxyl groups is 1. The molecule has 1 fully saturated rings. The van der Waals surface area contributed by atoms with E-state index in [1.807, 2.05) is 6.92 Å². The third-order valence-corrected chi connectivity index (χ3v) is 3.47. The summed E-state index contributed by atoms with van der Waals surface area (Å²) in [5, 5.41) is 9.32. The number of rotatable bonds is 5. The molecule has 0 amide bonds. The van der Waals surface area contributed by atoms with Gasteiger partial charge in [-0.1, -0.05) is 24.3 Å². The highest BCUT2D eigenvalue weighted by Gasteiger charge is 2.10. The van der Waals surface area contributed by atoms with Crippen molar-refractivity contribution in [2.45, 2.75) is 38.7 Å². The van der Waals surface area contributed by atoms with Gasteiger partial charge < -0.3 is 10.0 Å². The molecule has 2 nitrogen and oxygen atoms in total. The van der Waals surface area contributed by atoms with Crippen molar-refractivity contribution in [3.8, 4) is 0 Å². The summed E-state index contributed by atoms with van der Waals surface area (Å²) in [6.45, 7) is 5.58. The van der Waals surface area contributed by atoms with E-state index in [1.54, 1.807) is 0 Å². The minimum Gasteiger partial charge on any atom is -0.393 e. The Labute approximate surface area is 104 Å². The van der Waals surface area contributed by atoms with E-state index in [4.69, 9.17) is 0 Å². The summed E-state index contributed by atoms with van der Waals surface area (Å²) >= 11 is 0. The lowest BCUT2D eigenvalue weighted by Gasteiger charge is -2.14. The van der Waals surface area contributed by atoms with Crippen molar-refractivity contribution in [1.82, 2.24) is 4.90 Å². The molecule has 0 spiro atoms. The first-order valence-corrected chi connectivity index (χ1v) is 6.72. The molecule has 1 saturated heterocycles. The minimum atomic E-state index is -0.245. The summed E-state index contributed by atoms with van der Waals surface area (Å²) in [5.41, 5.74) is 2.64. The van der Waals surface area contributed by atoms with Gasteiger partial charge in [-0.15, -0.1) is 0 Å². The molecule has 0 radical (unpaired) electrons. The highest BCUT2D eigenvalue weighted by Crippen LogP contribution is 2.11. The lowest BCUT2D eigenvalue weighted by Crippen LogP contribution is -2.21. The van der Waals surface area contributed by atoms with Crippen LogP contribution >= 0.6 is 0 Å². The molecular formula is C15H23NO. The molecule has 1 atom stereocenters. The van der Waals surface area contributed by atoms with Gasteiger partial charge in [-0.2, -0.15) is 0 Å². The molecule has 0 aromatic heterocycles. The first kappa shape index (κ1) is 12.6. The second-order valence-corrected chi connectivity index (χ2v) is 5.17. The zero-order valence-electron chi connectivity index (χ0n) is 10.7. The fraction of sp³-hybridized carbons (Fsp3) is 0.600. The molecule has 2 rings (SSSR count). The van der Waals surface area contributed by atoms with E-state index in [9.17, 15) is 5.11 Å². The molecule has 1 aliphatic rings. The Morgan fingerprint density at radius 2 is 1.71 bits per heavy atom. The van der Waals surface area contributed by atoms with E-state index in [0.29, 0.717) is 0 Å². The summed E-state index contributed by atoms with van der Waals surface area (Å²) in [4.78, 5) is 2.55. The normalized spacial score (nSPS) is 18.5. The maximum absolute atomic E-state index is 9.32. The van der Waals surface area contributed by atoms with E-state index >= 15 is 0 Å². The third kappa shape index (κ3) is 4.14. The Morgan fingerprint density at radius 1 is 1.12 bits per heavy atom. The number of hydrogen-bond donors (Lipinski definition) is 1. The molecule has 17 heavy (non-hydrogen) atoms. The molecule has 2 heteroatoms. The van der Waals surface area contributed by atoms with Crippen molar-refractivity contribution in [3.63, 3.8) is 0 Å². The Kier molecular flexibility index (Phi) is 4.57. The highest BCUT2D eigenvalue weighted by atomic mass is 16.3. The average molecular weight is 233 g/mol. The van der Waals surface area contributed by atoms with Gasteiger partial charge in [-0.25, -0.2) is 0 Å². The van der Waals surface area contributed by atoms with Crippen molar-refractivity contribution in [2.24, 2.45) is 0 Å². The van der Waals surface area contributed by atoms with Crippen molar-refractivity contribution < 1.29 is 5.11 Å². The Morgan fingerprint density at radius 3 is 2.29 bits per heavy atom. The van der Waals surface area contributed by atoms with Crippen molar-refractivity contribution in [3.05, 3.63) is 35.4 Å². The Hall–Kier alpha value is -0.860. The first-order chi connectivity index (χ1) is 8.24. The molecule has 1 heterocycles. The fourth-order valence-corrected chi connectivity index (χ4v) is 2.48. The molecule has 1 unspecified atom stereocenters. The van der Waals surface area contributed by atoms with E-state index in [-0.39, 0.29) is 6.10 Å². The number of benzene rings is 1. The van der Waals surface area contributed by atoms with Crippen LogP contribution in [-0.4, -0.2) is 35.7 Å². The number of likely N-dealkylation sites (tertiary alicyclic amines) is 1. The van der Waals surface area contributed by atoms with Gasteiger partial charge in [-0.05, 0) is 56.8 Å². The summed E-state index contributed by atoms with van der Waals surface area (Å²) in [7, 11) is 0. The second-order valence-electron chi connectivity index (χ2n) is 5.17. The quantitative estimate of drug-likeness (QED) is 0.843. The molecule has 1 aliphatic heterocycles. The maximum atomic E-state index is 9.32. The van der Waals surface area contributed by atoms with Crippen LogP contribution in [0, 0.1) is 0 Å². The van der Waals surface area contributed by atoms with Crippen molar-refractivity contribution >= 4 is 0 Å². The molecule has 1 N–H and O–H groups in total. The number of aliphatic hydroxyl groups excluding tert-OH is 1. The van der Waals surface area contributed by atoms with Gasteiger partial charge in [0.15, 0.2) is 0 Å². The van der Waals surface area contributed by atoms with Crippen LogP contribution in [0.5, 0.6) is 0 Å². The number of nitrogens with zero attached hydrogens (tertiary/aromatic N) is 1. The molecule has 94 valence electrons. The summed E-state index contributed by atoms with van der Waals surface area (Å²) in [6.07, 6.45) is 4.40. The number of hydrogen-bond acceptors (Lipinski definition) is 2. The SMILES string of the molecule is CC(O)Cc1ccc(CCN2CCCC2)cc1. The van der Waals surface area contributed by atoms with Gasteiger partial charge >= 0.3 is 0 Å². The zero-order valence-corrected chi connectivity index (χ0v) is 10.7. The van der Waals surface area contributed by atoms with E-state index in [1.165, 1.54) is 43.6 Å². The molecule has 0 aliphatic carbocycles. The van der Waals surface area contributed by atoms with Gasteiger partial charge in [0.05, 0.1) is 6.10 Å². The zero-order chi connectivity index (χ0) is 12.1. The minimum absolute atomic E-state index is 0.245. The molecule has 0 saturated carbocycles. The topological polar surface area (TPSA) is 23.5 Å². The van der Waals surface area contributed by atoms with Crippen molar-refractivity contribution in [1.29, 1.82) is 0 Å². The summed E-state index contributed by atoms with van der Waals surface area (Å²) in [5.74, 6) is 0. The first-order valence-electron chi connectivity index (χ1n) is 6.72. The highest BCUT2D eigenvalue weighted by molar-refractivity contribution is 5.23. The van der Waals surface area contributed by atoms with Crippen LogP contribution in [0.25, 0.3) is 0 Å². The van der Waals surface area contributed by atoms with Crippen LogP contribution in [0.15, 0.2) is 24.3 Å². The van der Waals surface area contributed by atoms with Gasteiger partial charge in [0, 0.05) is 6.54 Å². The van der Waals surface area contributed by atoms with E-state index < -0.39 is 0 Å².